The number of aliphatic hydroxyl groups is 1. The van der Waals surface area contributed by atoms with Crippen LogP contribution in [0.4, 0.5) is 5.69 Å². The maximum Gasteiger partial charge on any atom is 0.272 e. The van der Waals surface area contributed by atoms with Crippen LogP contribution >= 0.6 is 0 Å². The molecule has 0 spiro atoms. The summed E-state index contributed by atoms with van der Waals surface area (Å²) in [6.07, 6.45) is -0.857. The van der Waals surface area contributed by atoms with Crippen molar-refractivity contribution in [2.45, 2.75) is 13.0 Å². The number of carbonyl (C=O) groups is 1. The zero-order valence-corrected chi connectivity index (χ0v) is 14.2. The monoisotopic (exact) mass is 350 g/mol. The fraction of sp³-hybridized carbons (Fsp3) is 0.150. The van der Waals surface area contributed by atoms with Crippen LogP contribution in [0.3, 0.4) is 0 Å². The van der Waals surface area contributed by atoms with Crippen molar-refractivity contribution in [2.24, 2.45) is 0 Å². The number of benzene rings is 3. The van der Waals surface area contributed by atoms with Crippen LogP contribution in [0.2, 0.25) is 0 Å². The first-order chi connectivity index (χ1) is 12.5. The Morgan fingerprint density at radius 1 is 1.15 bits per heavy atom. The molecule has 6 heteroatoms. The SMILES string of the molecule is Cc1cc(C(=O)NCC(O)c2cccc3ccccc23)ccc1[N+](=O)[O-]. The summed E-state index contributed by atoms with van der Waals surface area (Å²) in [6.45, 7) is 1.63. The Balaban J connectivity index is 1.73. The molecule has 0 saturated heterocycles. The lowest BCUT2D eigenvalue weighted by molar-refractivity contribution is -0.385. The summed E-state index contributed by atoms with van der Waals surface area (Å²) in [7, 11) is 0. The van der Waals surface area contributed by atoms with E-state index in [1.54, 1.807) is 6.92 Å². The highest BCUT2D eigenvalue weighted by Crippen LogP contribution is 2.24. The zero-order valence-electron chi connectivity index (χ0n) is 14.2. The van der Waals surface area contributed by atoms with Crippen molar-refractivity contribution in [2.75, 3.05) is 6.54 Å². The summed E-state index contributed by atoms with van der Waals surface area (Å²) in [6, 6.07) is 17.6. The summed E-state index contributed by atoms with van der Waals surface area (Å²) in [5, 5.41) is 26.0. The van der Waals surface area contributed by atoms with Gasteiger partial charge in [0.15, 0.2) is 0 Å². The van der Waals surface area contributed by atoms with Gasteiger partial charge in [0.2, 0.25) is 0 Å². The van der Waals surface area contributed by atoms with Gasteiger partial charge in [0, 0.05) is 23.7 Å². The van der Waals surface area contributed by atoms with Crippen molar-refractivity contribution in [1.82, 2.24) is 5.32 Å². The molecule has 6 nitrogen and oxygen atoms in total. The minimum Gasteiger partial charge on any atom is -0.387 e. The lowest BCUT2D eigenvalue weighted by Crippen LogP contribution is -2.28. The second kappa shape index (κ2) is 7.33. The number of nitro groups is 1. The molecule has 132 valence electrons. The molecule has 1 atom stereocenters. The van der Waals surface area contributed by atoms with Crippen molar-refractivity contribution < 1.29 is 14.8 Å². The van der Waals surface area contributed by atoms with Crippen LogP contribution in [0.25, 0.3) is 10.8 Å². The largest absolute Gasteiger partial charge is 0.387 e. The number of hydrogen-bond acceptors (Lipinski definition) is 4. The maximum atomic E-state index is 12.3. The Labute approximate surface area is 150 Å². The van der Waals surface area contributed by atoms with Gasteiger partial charge in [-0.15, -0.1) is 0 Å². The molecule has 0 radical (unpaired) electrons. The molecule has 0 fully saturated rings. The predicted octanol–water partition coefficient (Wildman–Crippen LogP) is 3.52. The van der Waals surface area contributed by atoms with Crippen molar-refractivity contribution >= 4 is 22.4 Å². The number of nitrogens with zero attached hydrogens (tertiary/aromatic N) is 1. The Hall–Kier alpha value is -3.25. The standard InChI is InChI=1S/C20H18N2O4/c1-13-11-15(9-10-18(13)22(25)26)20(24)21-12-19(23)17-8-4-6-14-5-2-3-7-16(14)17/h2-11,19,23H,12H2,1H3,(H,21,24). The quantitative estimate of drug-likeness (QED) is 0.544. The Morgan fingerprint density at radius 2 is 1.88 bits per heavy atom. The van der Waals surface area contributed by atoms with Crippen LogP contribution in [-0.4, -0.2) is 22.5 Å². The number of amides is 1. The Morgan fingerprint density at radius 3 is 2.62 bits per heavy atom. The molecule has 1 amide bonds. The average molecular weight is 350 g/mol. The lowest BCUT2D eigenvalue weighted by atomic mass is 10.0. The Kier molecular flexibility index (Phi) is 4.95. The van der Waals surface area contributed by atoms with E-state index in [1.807, 2.05) is 42.5 Å². The van der Waals surface area contributed by atoms with Gasteiger partial charge in [-0.1, -0.05) is 42.5 Å². The van der Waals surface area contributed by atoms with E-state index in [0.29, 0.717) is 11.1 Å². The highest BCUT2D eigenvalue weighted by atomic mass is 16.6. The minimum atomic E-state index is -0.857. The number of rotatable bonds is 5. The summed E-state index contributed by atoms with van der Waals surface area (Å²) in [5.74, 6) is -0.387. The van der Waals surface area contributed by atoms with E-state index < -0.39 is 11.0 Å². The van der Waals surface area contributed by atoms with E-state index in [1.165, 1.54) is 18.2 Å². The lowest BCUT2D eigenvalue weighted by Gasteiger charge is -2.15. The van der Waals surface area contributed by atoms with Crippen LogP contribution in [0.15, 0.2) is 60.7 Å². The molecule has 0 saturated carbocycles. The summed E-state index contributed by atoms with van der Waals surface area (Å²) in [4.78, 5) is 22.7. The molecule has 2 N–H and O–H groups in total. The number of aryl methyl sites for hydroxylation is 1. The third kappa shape index (κ3) is 3.55. The van der Waals surface area contributed by atoms with Crippen molar-refractivity contribution in [1.29, 1.82) is 0 Å². The van der Waals surface area contributed by atoms with Gasteiger partial charge in [-0.05, 0) is 35.4 Å². The topological polar surface area (TPSA) is 92.5 Å². The van der Waals surface area contributed by atoms with Gasteiger partial charge < -0.3 is 10.4 Å². The van der Waals surface area contributed by atoms with Crippen LogP contribution in [0.1, 0.15) is 27.6 Å². The third-order valence-electron chi connectivity index (χ3n) is 4.29. The van der Waals surface area contributed by atoms with Crippen LogP contribution < -0.4 is 5.32 Å². The Bertz CT molecular complexity index is 979. The molecule has 1 unspecified atom stereocenters. The number of nitro benzene ring substituents is 1. The third-order valence-corrected chi connectivity index (χ3v) is 4.29. The minimum absolute atomic E-state index is 0.0302. The molecule has 3 rings (SSSR count). The van der Waals surface area contributed by atoms with E-state index >= 15 is 0 Å². The second-order valence-electron chi connectivity index (χ2n) is 6.05. The van der Waals surface area contributed by atoms with Gasteiger partial charge in [-0.3, -0.25) is 14.9 Å². The molecule has 3 aromatic rings. The van der Waals surface area contributed by atoms with Gasteiger partial charge in [-0.2, -0.15) is 0 Å². The molecule has 26 heavy (non-hydrogen) atoms. The second-order valence-corrected chi connectivity index (χ2v) is 6.05. The van der Waals surface area contributed by atoms with E-state index in [4.69, 9.17) is 0 Å². The molecule has 0 aliphatic rings. The van der Waals surface area contributed by atoms with E-state index in [0.717, 1.165) is 16.3 Å². The predicted molar refractivity (Wildman–Crippen MR) is 99.1 cm³/mol. The van der Waals surface area contributed by atoms with Gasteiger partial charge >= 0.3 is 0 Å². The smallest absolute Gasteiger partial charge is 0.272 e. The number of carbonyl (C=O) groups excluding carboxylic acids is 1. The van der Waals surface area contributed by atoms with Gasteiger partial charge in [-0.25, -0.2) is 0 Å². The van der Waals surface area contributed by atoms with Crippen molar-refractivity contribution in [3.63, 3.8) is 0 Å². The molecule has 0 aliphatic heterocycles. The molecule has 0 aromatic heterocycles. The maximum absolute atomic E-state index is 12.3. The fourth-order valence-electron chi connectivity index (χ4n) is 2.94. The van der Waals surface area contributed by atoms with E-state index in [9.17, 15) is 20.0 Å². The van der Waals surface area contributed by atoms with Crippen LogP contribution in [0.5, 0.6) is 0 Å². The van der Waals surface area contributed by atoms with Crippen molar-refractivity contribution in [3.05, 3.63) is 87.5 Å². The van der Waals surface area contributed by atoms with Gasteiger partial charge in [0.1, 0.15) is 0 Å². The highest BCUT2D eigenvalue weighted by molar-refractivity contribution is 5.94. The molecular formula is C20H18N2O4. The van der Waals surface area contributed by atoms with Gasteiger partial charge in [0.05, 0.1) is 11.0 Å². The highest BCUT2D eigenvalue weighted by Gasteiger charge is 2.16. The van der Waals surface area contributed by atoms with Gasteiger partial charge in [0.25, 0.3) is 11.6 Å². The molecule has 0 bridgehead atoms. The number of nitrogens with one attached hydrogen (secondary N) is 1. The first-order valence-corrected chi connectivity index (χ1v) is 8.16. The summed E-state index contributed by atoms with van der Waals surface area (Å²) < 4.78 is 0. The fourth-order valence-corrected chi connectivity index (χ4v) is 2.94. The molecular weight excluding hydrogens is 332 g/mol. The number of aliphatic hydroxyl groups excluding tert-OH is 1. The van der Waals surface area contributed by atoms with E-state index in [-0.39, 0.29) is 18.1 Å². The van der Waals surface area contributed by atoms with Crippen LogP contribution in [0, 0.1) is 17.0 Å². The summed E-state index contributed by atoms with van der Waals surface area (Å²) in [5.41, 5.74) is 1.44. The molecule has 0 aliphatic carbocycles. The first-order valence-electron chi connectivity index (χ1n) is 8.16. The first kappa shape index (κ1) is 17.6. The number of hydrogen-bond donors (Lipinski definition) is 2. The zero-order chi connectivity index (χ0) is 18.7. The summed E-state index contributed by atoms with van der Waals surface area (Å²) >= 11 is 0. The normalized spacial score (nSPS) is 11.9. The average Bonchev–Trinajstić information content (AvgIpc) is 2.65. The number of fused-ring (bicyclic) bond motifs is 1. The van der Waals surface area contributed by atoms with Crippen LogP contribution in [-0.2, 0) is 0 Å². The molecule has 3 aromatic carbocycles. The molecule has 0 heterocycles. The van der Waals surface area contributed by atoms with E-state index in [2.05, 4.69) is 5.32 Å². The van der Waals surface area contributed by atoms with Crippen molar-refractivity contribution in [3.8, 4) is 0 Å².